The van der Waals surface area contributed by atoms with Crippen molar-refractivity contribution in [2.24, 2.45) is 0 Å². The lowest BCUT2D eigenvalue weighted by Crippen LogP contribution is -2.20. The van der Waals surface area contributed by atoms with Crippen molar-refractivity contribution in [1.82, 2.24) is 3.97 Å². The highest BCUT2D eigenvalue weighted by Gasteiger charge is 2.32. The van der Waals surface area contributed by atoms with Crippen molar-refractivity contribution in [2.75, 3.05) is 5.73 Å². The molecule has 1 heterocycles. The van der Waals surface area contributed by atoms with Gasteiger partial charge in [0.1, 0.15) is 0 Å². The van der Waals surface area contributed by atoms with Gasteiger partial charge in [0.15, 0.2) is 0 Å². The molecule has 1 aliphatic rings. The Morgan fingerprint density at radius 2 is 1.52 bits per heavy atom. The van der Waals surface area contributed by atoms with E-state index in [0.29, 0.717) is 16.8 Å². The highest BCUT2D eigenvalue weighted by molar-refractivity contribution is 7.90. The topological polar surface area (TPSA) is 99.2 Å². The zero-order valence-electron chi connectivity index (χ0n) is 14.0. The first-order valence-electron chi connectivity index (χ1n) is 8.08. The summed E-state index contributed by atoms with van der Waals surface area (Å²) in [5, 5.41) is 0. The summed E-state index contributed by atoms with van der Waals surface area (Å²) in [6, 6.07) is 14.7. The number of rotatable bonds is 3. The van der Waals surface area contributed by atoms with Crippen LogP contribution in [-0.4, -0.2) is 24.0 Å². The predicted molar refractivity (Wildman–Crippen MR) is 102 cm³/mol. The molecule has 4 rings (SSSR count). The van der Waals surface area contributed by atoms with E-state index in [0.717, 1.165) is 10.0 Å². The predicted octanol–water partition coefficient (Wildman–Crippen LogP) is 2.75. The third-order valence-corrected chi connectivity index (χ3v) is 6.06. The fraction of sp³-hybridized carbons (Fsp3) is 0. The first-order chi connectivity index (χ1) is 12.9. The van der Waals surface area contributed by atoms with Crippen molar-refractivity contribution in [3.05, 3.63) is 78.1 Å². The van der Waals surface area contributed by atoms with Crippen molar-refractivity contribution < 1.29 is 18.0 Å². The number of Topliss-reactive ketones (excluding diaryl/α,β-unsaturated/α-hetero) is 1. The molecule has 0 atom stereocenters. The SMILES string of the molecule is Nc1ccc(S(=O)(=O)n2cc(-c3ccccc3)c3c2C=CC(=O)C3=O)cc1. The highest BCUT2D eigenvalue weighted by Crippen LogP contribution is 2.34. The molecule has 0 saturated heterocycles. The second kappa shape index (κ2) is 6.07. The number of anilines is 1. The Morgan fingerprint density at radius 1 is 0.852 bits per heavy atom. The maximum Gasteiger partial charge on any atom is 0.268 e. The summed E-state index contributed by atoms with van der Waals surface area (Å²) in [4.78, 5) is 24.4. The minimum absolute atomic E-state index is 0.0341. The molecule has 2 aromatic carbocycles. The van der Waals surface area contributed by atoms with Crippen molar-refractivity contribution in [3.63, 3.8) is 0 Å². The summed E-state index contributed by atoms with van der Waals surface area (Å²) in [5.41, 5.74) is 7.38. The van der Waals surface area contributed by atoms with E-state index < -0.39 is 21.6 Å². The van der Waals surface area contributed by atoms with Crippen LogP contribution in [0.4, 0.5) is 5.69 Å². The van der Waals surface area contributed by atoms with Crippen molar-refractivity contribution in [1.29, 1.82) is 0 Å². The Morgan fingerprint density at radius 3 is 2.19 bits per heavy atom. The van der Waals surface area contributed by atoms with E-state index in [1.54, 1.807) is 24.3 Å². The van der Waals surface area contributed by atoms with Crippen LogP contribution in [0.1, 0.15) is 16.1 Å². The molecule has 0 radical (unpaired) electrons. The van der Waals surface area contributed by atoms with Gasteiger partial charge in [0.05, 0.1) is 16.2 Å². The summed E-state index contributed by atoms with van der Waals surface area (Å²) >= 11 is 0. The maximum atomic E-state index is 13.1. The zero-order valence-corrected chi connectivity index (χ0v) is 14.8. The largest absolute Gasteiger partial charge is 0.399 e. The van der Waals surface area contributed by atoms with Crippen LogP contribution >= 0.6 is 0 Å². The average molecular weight is 378 g/mol. The molecular formula is C20H14N2O4S. The molecule has 0 saturated carbocycles. The Labute approximate surface area is 155 Å². The van der Waals surface area contributed by atoms with Crippen LogP contribution < -0.4 is 5.73 Å². The van der Waals surface area contributed by atoms with Crippen molar-refractivity contribution >= 4 is 33.4 Å². The molecule has 1 aromatic heterocycles. The monoisotopic (exact) mass is 378 g/mol. The summed E-state index contributed by atoms with van der Waals surface area (Å²) in [5.74, 6) is -1.40. The van der Waals surface area contributed by atoms with Crippen molar-refractivity contribution in [3.8, 4) is 11.1 Å². The van der Waals surface area contributed by atoms with Gasteiger partial charge >= 0.3 is 0 Å². The molecule has 0 spiro atoms. The second-order valence-corrected chi connectivity index (χ2v) is 7.88. The van der Waals surface area contributed by atoms with E-state index in [1.165, 1.54) is 36.5 Å². The number of carbonyl (C=O) groups excluding carboxylic acids is 2. The zero-order chi connectivity index (χ0) is 19.2. The fourth-order valence-corrected chi connectivity index (χ4v) is 4.40. The third kappa shape index (κ3) is 2.69. The fourth-order valence-electron chi connectivity index (χ4n) is 3.04. The molecule has 0 fully saturated rings. The molecule has 1 aliphatic carbocycles. The quantitative estimate of drug-likeness (QED) is 0.558. The van der Waals surface area contributed by atoms with Gasteiger partial charge in [-0.15, -0.1) is 0 Å². The minimum atomic E-state index is -3.98. The lowest BCUT2D eigenvalue weighted by molar-refractivity contribution is -0.110. The number of benzene rings is 2. The van der Waals surface area contributed by atoms with Gasteiger partial charge < -0.3 is 5.73 Å². The molecule has 134 valence electrons. The molecule has 0 bridgehead atoms. The van der Waals surface area contributed by atoms with Crippen LogP contribution in [0.3, 0.4) is 0 Å². The van der Waals surface area contributed by atoms with E-state index in [1.807, 2.05) is 6.07 Å². The summed E-state index contributed by atoms with van der Waals surface area (Å²) in [7, 11) is -3.98. The minimum Gasteiger partial charge on any atom is -0.399 e. The van der Waals surface area contributed by atoms with Gasteiger partial charge in [0.2, 0.25) is 11.6 Å². The number of ketones is 2. The Bertz CT molecular complexity index is 1200. The number of allylic oxidation sites excluding steroid dienone is 1. The molecule has 0 aliphatic heterocycles. The summed E-state index contributed by atoms with van der Waals surface area (Å²) < 4.78 is 27.3. The lowest BCUT2D eigenvalue weighted by Gasteiger charge is -2.11. The van der Waals surface area contributed by atoms with E-state index in [2.05, 4.69) is 0 Å². The van der Waals surface area contributed by atoms with Gasteiger partial charge in [-0.1, -0.05) is 30.3 Å². The number of hydrogen-bond donors (Lipinski definition) is 1. The molecule has 0 unspecified atom stereocenters. The van der Waals surface area contributed by atoms with E-state index in [4.69, 9.17) is 5.73 Å². The van der Waals surface area contributed by atoms with Gasteiger partial charge in [-0.05, 0) is 42.0 Å². The highest BCUT2D eigenvalue weighted by atomic mass is 32.2. The van der Waals surface area contributed by atoms with Crippen LogP contribution in [0.2, 0.25) is 0 Å². The molecule has 0 amide bonds. The number of nitrogens with two attached hydrogens (primary N) is 1. The van der Waals surface area contributed by atoms with Crippen LogP contribution in [0, 0.1) is 0 Å². The number of carbonyl (C=O) groups is 2. The van der Waals surface area contributed by atoms with E-state index >= 15 is 0 Å². The molecule has 6 nitrogen and oxygen atoms in total. The summed E-state index contributed by atoms with van der Waals surface area (Å²) in [6.45, 7) is 0. The number of nitrogens with zero attached hydrogens (tertiary/aromatic N) is 1. The molecular weight excluding hydrogens is 364 g/mol. The van der Waals surface area contributed by atoms with Gasteiger partial charge in [-0.3, -0.25) is 9.59 Å². The van der Waals surface area contributed by atoms with Gasteiger partial charge in [-0.25, -0.2) is 12.4 Å². The molecule has 27 heavy (non-hydrogen) atoms. The van der Waals surface area contributed by atoms with E-state index in [9.17, 15) is 18.0 Å². The lowest BCUT2D eigenvalue weighted by atomic mass is 9.94. The van der Waals surface area contributed by atoms with Gasteiger partial charge in [0, 0.05) is 17.4 Å². The first-order valence-corrected chi connectivity index (χ1v) is 9.52. The molecule has 2 N–H and O–H groups in total. The maximum absolute atomic E-state index is 13.1. The van der Waals surface area contributed by atoms with Gasteiger partial charge in [0.25, 0.3) is 10.0 Å². The average Bonchev–Trinajstić information content (AvgIpc) is 3.07. The molecule has 7 heteroatoms. The van der Waals surface area contributed by atoms with Crippen LogP contribution in [0.25, 0.3) is 17.2 Å². The normalized spacial score (nSPS) is 13.6. The Balaban J connectivity index is 2.00. The number of aromatic nitrogens is 1. The Hall–Kier alpha value is -3.45. The third-order valence-electron chi connectivity index (χ3n) is 4.37. The number of fused-ring (bicyclic) bond motifs is 1. The first kappa shape index (κ1) is 17.0. The van der Waals surface area contributed by atoms with Crippen LogP contribution in [-0.2, 0) is 14.8 Å². The molecule has 3 aromatic rings. The number of nitrogen functional groups attached to an aromatic ring is 1. The van der Waals surface area contributed by atoms with Crippen molar-refractivity contribution in [2.45, 2.75) is 4.90 Å². The number of hydrogen-bond acceptors (Lipinski definition) is 5. The Kier molecular flexibility index (Phi) is 3.82. The van der Waals surface area contributed by atoms with Crippen LogP contribution in [0.15, 0.2) is 71.8 Å². The van der Waals surface area contributed by atoms with E-state index in [-0.39, 0.29) is 16.2 Å². The second-order valence-electron chi connectivity index (χ2n) is 6.07. The van der Waals surface area contributed by atoms with Crippen LogP contribution in [0.5, 0.6) is 0 Å². The summed E-state index contributed by atoms with van der Waals surface area (Å²) in [6.07, 6.45) is 3.83. The smallest absolute Gasteiger partial charge is 0.268 e. The van der Waals surface area contributed by atoms with Gasteiger partial charge in [-0.2, -0.15) is 0 Å². The standard InChI is InChI=1S/C20H14N2O4S/c21-14-6-8-15(9-7-14)27(25,26)22-12-16(13-4-2-1-3-5-13)19-17(22)10-11-18(23)20(19)24/h1-12H,21H2.